The van der Waals surface area contributed by atoms with Gasteiger partial charge in [-0.15, -0.1) is 0 Å². The third-order valence-electron chi connectivity index (χ3n) is 3.88. The molecule has 1 atom stereocenters. The Kier molecular flexibility index (Phi) is 4.66. The third kappa shape index (κ3) is 3.39. The molecule has 0 aliphatic rings. The Hall–Kier alpha value is -1.88. The second kappa shape index (κ2) is 6.71. The zero-order chi connectivity index (χ0) is 16.4. The highest BCUT2D eigenvalue weighted by Crippen LogP contribution is 2.22. The maximum Gasteiger partial charge on any atom is 0.200 e. The first-order chi connectivity index (χ1) is 11.1. The molecule has 120 valence electrons. The average Bonchev–Trinajstić information content (AvgIpc) is 2.55. The molecule has 0 saturated heterocycles. The number of hydrogen-bond donors (Lipinski definition) is 2. The summed E-state index contributed by atoms with van der Waals surface area (Å²) in [6.45, 7) is 3.05. The van der Waals surface area contributed by atoms with E-state index in [0.717, 1.165) is 5.56 Å². The highest BCUT2D eigenvalue weighted by molar-refractivity contribution is 6.31. The van der Waals surface area contributed by atoms with Gasteiger partial charge in [0.25, 0.3) is 0 Å². The van der Waals surface area contributed by atoms with Crippen LogP contribution in [0.4, 0.5) is 0 Å². The van der Waals surface area contributed by atoms with E-state index >= 15 is 0 Å². The summed E-state index contributed by atoms with van der Waals surface area (Å²) in [7, 11) is 0. The van der Waals surface area contributed by atoms with E-state index in [9.17, 15) is 9.90 Å². The predicted molar refractivity (Wildman–Crippen MR) is 93.0 cm³/mol. The van der Waals surface area contributed by atoms with Crippen molar-refractivity contribution < 1.29 is 9.52 Å². The van der Waals surface area contributed by atoms with Gasteiger partial charge in [-0.2, -0.15) is 0 Å². The third-order valence-corrected chi connectivity index (χ3v) is 4.11. The van der Waals surface area contributed by atoms with E-state index in [1.165, 1.54) is 0 Å². The first-order valence-electron chi connectivity index (χ1n) is 7.62. The fraction of sp³-hybridized carbons (Fsp3) is 0.278. The summed E-state index contributed by atoms with van der Waals surface area (Å²) in [6, 6.07) is 10.6. The Morgan fingerprint density at radius 3 is 2.78 bits per heavy atom. The van der Waals surface area contributed by atoms with Gasteiger partial charge in [-0.25, -0.2) is 0 Å². The quantitative estimate of drug-likeness (QED) is 0.703. The molecule has 2 aromatic carbocycles. The fourth-order valence-electron chi connectivity index (χ4n) is 2.51. The first kappa shape index (κ1) is 16.0. The van der Waals surface area contributed by atoms with Gasteiger partial charge < -0.3 is 14.8 Å². The van der Waals surface area contributed by atoms with Gasteiger partial charge in [-0.1, -0.05) is 24.6 Å². The van der Waals surface area contributed by atoms with Crippen molar-refractivity contribution in [3.8, 4) is 0 Å². The minimum atomic E-state index is -0.353. The van der Waals surface area contributed by atoms with E-state index in [2.05, 4.69) is 5.32 Å². The van der Waals surface area contributed by atoms with Crippen LogP contribution >= 0.6 is 11.6 Å². The molecule has 1 heterocycles. The van der Waals surface area contributed by atoms with Crippen molar-refractivity contribution in [1.29, 1.82) is 0 Å². The van der Waals surface area contributed by atoms with Crippen molar-refractivity contribution in [2.45, 2.75) is 26.0 Å². The number of benzene rings is 2. The van der Waals surface area contributed by atoms with Crippen LogP contribution in [0.2, 0.25) is 5.02 Å². The number of nitrogens with one attached hydrogen (secondary N) is 1. The van der Waals surface area contributed by atoms with Gasteiger partial charge in [0.05, 0.1) is 16.9 Å². The zero-order valence-electron chi connectivity index (χ0n) is 12.8. The van der Waals surface area contributed by atoms with Crippen molar-refractivity contribution in [2.24, 2.45) is 0 Å². The van der Waals surface area contributed by atoms with Crippen LogP contribution in [0.3, 0.4) is 0 Å². The summed E-state index contributed by atoms with van der Waals surface area (Å²) in [4.78, 5) is 12.6. The molecule has 1 aromatic heterocycles. The van der Waals surface area contributed by atoms with Crippen LogP contribution in [0.5, 0.6) is 0 Å². The lowest BCUT2D eigenvalue weighted by molar-refractivity contribution is 0.167. The number of rotatable bonds is 5. The smallest absolute Gasteiger partial charge is 0.200 e. The molecule has 0 spiro atoms. The van der Waals surface area contributed by atoms with E-state index in [0.29, 0.717) is 46.5 Å². The van der Waals surface area contributed by atoms with Crippen LogP contribution < -0.4 is 10.7 Å². The zero-order valence-corrected chi connectivity index (χ0v) is 13.6. The Labute approximate surface area is 138 Å². The molecule has 0 fully saturated rings. The standard InChI is InChI=1S/C18H18ClNO3/c1-2-13(21)10-20-9-11-3-6-16-15(7-11)18(22)14-5-4-12(19)8-17(14)23-16/h3-8,13,20-21H,2,9-10H2,1H3. The Morgan fingerprint density at radius 1 is 1.17 bits per heavy atom. The highest BCUT2D eigenvalue weighted by atomic mass is 35.5. The van der Waals surface area contributed by atoms with E-state index < -0.39 is 0 Å². The van der Waals surface area contributed by atoms with Crippen LogP contribution in [0, 0.1) is 0 Å². The van der Waals surface area contributed by atoms with Gasteiger partial charge >= 0.3 is 0 Å². The molecule has 1 unspecified atom stereocenters. The molecular formula is C18H18ClNO3. The normalized spacial score (nSPS) is 12.8. The Morgan fingerprint density at radius 2 is 2.00 bits per heavy atom. The average molecular weight is 332 g/mol. The van der Waals surface area contributed by atoms with Crippen LogP contribution in [0.15, 0.2) is 45.6 Å². The number of fused-ring (bicyclic) bond motifs is 2. The van der Waals surface area contributed by atoms with Gasteiger partial charge in [0.15, 0.2) is 0 Å². The lowest BCUT2D eigenvalue weighted by Crippen LogP contribution is -2.25. The Bertz CT molecular complexity index is 904. The molecule has 0 aliphatic carbocycles. The van der Waals surface area contributed by atoms with Gasteiger partial charge in [0, 0.05) is 24.2 Å². The Balaban J connectivity index is 1.96. The minimum Gasteiger partial charge on any atom is -0.456 e. The molecule has 0 aliphatic heterocycles. The number of halogens is 1. The van der Waals surface area contributed by atoms with Gasteiger partial charge in [0.2, 0.25) is 5.43 Å². The van der Waals surface area contributed by atoms with Crippen LogP contribution in [0.25, 0.3) is 21.9 Å². The fourth-order valence-corrected chi connectivity index (χ4v) is 2.67. The van der Waals surface area contributed by atoms with Crippen molar-refractivity contribution in [1.82, 2.24) is 5.32 Å². The summed E-state index contributed by atoms with van der Waals surface area (Å²) in [5.41, 5.74) is 1.95. The molecule has 5 heteroatoms. The maximum atomic E-state index is 12.6. The lowest BCUT2D eigenvalue weighted by atomic mass is 10.1. The van der Waals surface area contributed by atoms with Crippen molar-refractivity contribution in [3.63, 3.8) is 0 Å². The van der Waals surface area contributed by atoms with Crippen molar-refractivity contribution >= 4 is 33.5 Å². The summed E-state index contributed by atoms with van der Waals surface area (Å²) in [6.07, 6.45) is 0.359. The van der Waals surface area contributed by atoms with Gasteiger partial charge in [-0.3, -0.25) is 4.79 Å². The van der Waals surface area contributed by atoms with Crippen LogP contribution in [-0.2, 0) is 6.54 Å². The second-order valence-electron chi connectivity index (χ2n) is 5.60. The monoisotopic (exact) mass is 331 g/mol. The minimum absolute atomic E-state index is 0.0617. The van der Waals surface area contributed by atoms with E-state index in [1.54, 1.807) is 24.3 Å². The molecule has 3 aromatic rings. The molecule has 0 saturated carbocycles. The number of hydrogen-bond acceptors (Lipinski definition) is 4. The van der Waals surface area contributed by atoms with E-state index in [4.69, 9.17) is 16.0 Å². The SMILES string of the molecule is CCC(O)CNCc1ccc2oc3cc(Cl)ccc3c(=O)c2c1. The number of aliphatic hydroxyl groups excluding tert-OH is 1. The lowest BCUT2D eigenvalue weighted by Gasteiger charge is -2.10. The van der Waals surface area contributed by atoms with Gasteiger partial charge in [-0.05, 0) is 36.2 Å². The molecule has 0 bridgehead atoms. The van der Waals surface area contributed by atoms with E-state index in [1.807, 2.05) is 19.1 Å². The van der Waals surface area contributed by atoms with Crippen LogP contribution in [-0.4, -0.2) is 17.8 Å². The highest BCUT2D eigenvalue weighted by Gasteiger charge is 2.09. The molecule has 4 nitrogen and oxygen atoms in total. The molecule has 23 heavy (non-hydrogen) atoms. The molecule has 0 amide bonds. The molecule has 0 radical (unpaired) electrons. The summed E-state index contributed by atoms with van der Waals surface area (Å²) in [5, 5.41) is 14.3. The number of aliphatic hydroxyl groups is 1. The second-order valence-corrected chi connectivity index (χ2v) is 6.03. The first-order valence-corrected chi connectivity index (χ1v) is 8.00. The maximum absolute atomic E-state index is 12.6. The van der Waals surface area contributed by atoms with Crippen LogP contribution in [0.1, 0.15) is 18.9 Å². The van der Waals surface area contributed by atoms with Crippen molar-refractivity contribution in [2.75, 3.05) is 6.54 Å². The van der Waals surface area contributed by atoms with E-state index in [-0.39, 0.29) is 11.5 Å². The summed E-state index contributed by atoms with van der Waals surface area (Å²) >= 11 is 5.95. The van der Waals surface area contributed by atoms with Gasteiger partial charge in [0.1, 0.15) is 11.2 Å². The molecule has 2 N–H and O–H groups in total. The topological polar surface area (TPSA) is 62.5 Å². The largest absolute Gasteiger partial charge is 0.456 e. The van der Waals surface area contributed by atoms with Crippen molar-refractivity contribution in [3.05, 3.63) is 57.2 Å². The summed E-state index contributed by atoms with van der Waals surface area (Å²) < 4.78 is 5.78. The summed E-state index contributed by atoms with van der Waals surface area (Å²) in [5.74, 6) is 0. The molecular weight excluding hydrogens is 314 g/mol. The predicted octanol–water partition coefficient (Wildman–Crippen LogP) is 3.46. The molecule has 3 rings (SSSR count).